The van der Waals surface area contributed by atoms with Gasteiger partial charge in [-0.15, -0.1) is 0 Å². The lowest BCUT2D eigenvalue weighted by molar-refractivity contribution is -0.119. The molecular weight excluding hydrogens is 286 g/mol. The summed E-state index contributed by atoms with van der Waals surface area (Å²) in [5, 5.41) is 11.7. The minimum Gasteiger partial charge on any atom is -0.508 e. The summed E-state index contributed by atoms with van der Waals surface area (Å²) in [6.07, 6.45) is 0. The Kier molecular flexibility index (Phi) is 4.98. The Morgan fingerprint density at radius 2 is 1.86 bits per heavy atom. The number of aromatic hydroxyl groups is 1. The zero-order valence-electron chi connectivity index (χ0n) is 11.9. The maximum atomic E-state index is 11.7. The van der Waals surface area contributed by atoms with Crippen LogP contribution in [0.15, 0.2) is 48.5 Å². The SMILES string of the molecule is COc1cccc(NC(=O)COC(=O)c2ccc(O)cc2)c1. The molecule has 1 amide bonds. The molecule has 0 fully saturated rings. The third-order valence-electron chi connectivity index (χ3n) is 2.79. The lowest BCUT2D eigenvalue weighted by Gasteiger charge is -2.08. The minimum absolute atomic E-state index is 0.0484. The van der Waals surface area contributed by atoms with Crippen molar-refractivity contribution in [2.24, 2.45) is 0 Å². The molecule has 0 spiro atoms. The van der Waals surface area contributed by atoms with E-state index in [-0.39, 0.29) is 11.3 Å². The number of hydrogen-bond donors (Lipinski definition) is 2. The van der Waals surface area contributed by atoms with Gasteiger partial charge >= 0.3 is 5.97 Å². The van der Waals surface area contributed by atoms with Crippen LogP contribution in [0.5, 0.6) is 11.5 Å². The first-order valence-electron chi connectivity index (χ1n) is 6.48. The quantitative estimate of drug-likeness (QED) is 0.827. The number of phenolic OH excluding ortho intramolecular Hbond substituents is 1. The summed E-state index contributed by atoms with van der Waals surface area (Å²) in [7, 11) is 1.53. The van der Waals surface area contributed by atoms with Gasteiger partial charge in [-0.1, -0.05) is 6.07 Å². The lowest BCUT2D eigenvalue weighted by atomic mass is 10.2. The zero-order chi connectivity index (χ0) is 15.9. The molecule has 0 unspecified atom stereocenters. The summed E-state index contributed by atoms with van der Waals surface area (Å²) in [6, 6.07) is 12.4. The molecule has 0 heterocycles. The fourth-order valence-electron chi connectivity index (χ4n) is 1.71. The molecule has 0 aliphatic carbocycles. The molecule has 0 saturated heterocycles. The number of amides is 1. The molecule has 6 heteroatoms. The van der Waals surface area contributed by atoms with Crippen molar-refractivity contribution in [3.63, 3.8) is 0 Å². The molecular formula is C16H15NO5. The number of ether oxygens (including phenoxy) is 2. The second-order valence-electron chi connectivity index (χ2n) is 4.40. The van der Waals surface area contributed by atoms with E-state index >= 15 is 0 Å². The molecule has 0 aromatic heterocycles. The number of carbonyl (C=O) groups excluding carboxylic acids is 2. The van der Waals surface area contributed by atoms with Crippen LogP contribution in [0.25, 0.3) is 0 Å². The summed E-state index contributed by atoms with van der Waals surface area (Å²) in [6.45, 7) is -0.406. The molecule has 114 valence electrons. The van der Waals surface area contributed by atoms with Gasteiger partial charge in [-0.05, 0) is 36.4 Å². The van der Waals surface area contributed by atoms with E-state index in [9.17, 15) is 9.59 Å². The van der Waals surface area contributed by atoms with Gasteiger partial charge < -0.3 is 19.9 Å². The Bertz CT molecular complexity index is 666. The number of rotatable bonds is 5. The van der Waals surface area contributed by atoms with Crippen LogP contribution in [-0.4, -0.2) is 30.7 Å². The number of esters is 1. The Morgan fingerprint density at radius 1 is 1.14 bits per heavy atom. The first-order chi connectivity index (χ1) is 10.6. The smallest absolute Gasteiger partial charge is 0.338 e. The number of anilines is 1. The second kappa shape index (κ2) is 7.12. The van der Waals surface area contributed by atoms with Crippen molar-refractivity contribution in [1.82, 2.24) is 0 Å². The van der Waals surface area contributed by atoms with Crippen LogP contribution in [0.1, 0.15) is 10.4 Å². The Labute approximate surface area is 127 Å². The van der Waals surface area contributed by atoms with Gasteiger partial charge in [-0.3, -0.25) is 4.79 Å². The maximum Gasteiger partial charge on any atom is 0.338 e. The zero-order valence-corrected chi connectivity index (χ0v) is 11.9. The van der Waals surface area contributed by atoms with Gasteiger partial charge in [0.05, 0.1) is 12.7 Å². The number of benzene rings is 2. The number of nitrogens with one attached hydrogen (secondary N) is 1. The van der Waals surface area contributed by atoms with Crippen molar-refractivity contribution < 1.29 is 24.2 Å². The molecule has 0 saturated carbocycles. The molecule has 0 radical (unpaired) electrons. The van der Waals surface area contributed by atoms with Crippen molar-refractivity contribution in [3.8, 4) is 11.5 Å². The highest BCUT2D eigenvalue weighted by Crippen LogP contribution is 2.16. The average molecular weight is 301 g/mol. The van der Waals surface area contributed by atoms with Gasteiger partial charge in [-0.25, -0.2) is 4.79 Å². The van der Waals surface area contributed by atoms with Gasteiger partial charge in [0.15, 0.2) is 6.61 Å². The summed E-state index contributed by atoms with van der Waals surface area (Å²) in [5.41, 5.74) is 0.803. The van der Waals surface area contributed by atoms with E-state index in [0.717, 1.165) is 0 Å². The first-order valence-corrected chi connectivity index (χ1v) is 6.48. The second-order valence-corrected chi connectivity index (χ2v) is 4.40. The molecule has 0 atom stereocenters. The third kappa shape index (κ3) is 4.24. The Balaban J connectivity index is 1.87. The fourth-order valence-corrected chi connectivity index (χ4v) is 1.71. The van der Waals surface area contributed by atoms with Gasteiger partial charge in [0, 0.05) is 11.8 Å². The average Bonchev–Trinajstić information content (AvgIpc) is 2.53. The number of carbonyl (C=O) groups is 2. The van der Waals surface area contributed by atoms with Crippen LogP contribution < -0.4 is 10.1 Å². The van der Waals surface area contributed by atoms with Crippen LogP contribution >= 0.6 is 0 Å². The van der Waals surface area contributed by atoms with Crippen LogP contribution in [0.2, 0.25) is 0 Å². The van der Waals surface area contributed by atoms with Crippen molar-refractivity contribution in [1.29, 1.82) is 0 Å². The van der Waals surface area contributed by atoms with E-state index < -0.39 is 18.5 Å². The largest absolute Gasteiger partial charge is 0.508 e. The summed E-state index contributed by atoms with van der Waals surface area (Å²) in [5.74, 6) is -0.438. The highest BCUT2D eigenvalue weighted by Gasteiger charge is 2.10. The van der Waals surface area contributed by atoms with Crippen LogP contribution in [-0.2, 0) is 9.53 Å². The van der Waals surface area contributed by atoms with Gasteiger partial charge in [0.25, 0.3) is 5.91 Å². The lowest BCUT2D eigenvalue weighted by Crippen LogP contribution is -2.20. The predicted molar refractivity (Wildman–Crippen MR) is 80.0 cm³/mol. The molecule has 0 aliphatic heterocycles. The van der Waals surface area contributed by atoms with Gasteiger partial charge in [0.1, 0.15) is 11.5 Å². The molecule has 2 rings (SSSR count). The van der Waals surface area contributed by atoms with E-state index in [0.29, 0.717) is 11.4 Å². The fraction of sp³-hybridized carbons (Fsp3) is 0.125. The molecule has 2 aromatic carbocycles. The molecule has 22 heavy (non-hydrogen) atoms. The van der Waals surface area contributed by atoms with E-state index in [1.165, 1.54) is 31.4 Å². The Hall–Kier alpha value is -3.02. The predicted octanol–water partition coefficient (Wildman–Crippen LogP) is 2.20. The van der Waals surface area contributed by atoms with E-state index in [4.69, 9.17) is 14.6 Å². The van der Waals surface area contributed by atoms with Crippen molar-refractivity contribution in [2.75, 3.05) is 19.0 Å². The normalized spacial score (nSPS) is 9.86. The highest BCUT2D eigenvalue weighted by atomic mass is 16.5. The topological polar surface area (TPSA) is 84.9 Å². The molecule has 2 aromatic rings. The number of phenols is 1. The van der Waals surface area contributed by atoms with Gasteiger partial charge in [0.2, 0.25) is 0 Å². The molecule has 0 aliphatic rings. The van der Waals surface area contributed by atoms with Crippen molar-refractivity contribution in [2.45, 2.75) is 0 Å². The van der Waals surface area contributed by atoms with Crippen LogP contribution in [0, 0.1) is 0 Å². The standard InChI is InChI=1S/C16H15NO5/c1-21-14-4-2-3-12(9-14)17-15(19)10-22-16(20)11-5-7-13(18)8-6-11/h2-9,18H,10H2,1H3,(H,17,19). The molecule has 0 bridgehead atoms. The van der Waals surface area contributed by atoms with E-state index in [1.807, 2.05) is 0 Å². The maximum absolute atomic E-state index is 11.7. The first kappa shape index (κ1) is 15.4. The van der Waals surface area contributed by atoms with Crippen molar-refractivity contribution >= 4 is 17.6 Å². The monoisotopic (exact) mass is 301 g/mol. The number of methoxy groups -OCH3 is 1. The third-order valence-corrected chi connectivity index (χ3v) is 2.79. The number of hydrogen-bond acceptors (Lipinski definition) is 5. The van der Waals surface area contributed by atoms with Gasteiger partial charge in [-0.2, -0.15) is 0 Å². The van der Waals surface area contributed by atoms with Crippen LogP contribution in [0.4, 0.5) is 5.69 Å². The summed E-state index contributed by atoms with van der Waals surface area (Å²) in [4.78, 5) is 23.4. The van der Waals surface area contributed by atoms with E-state index in [2.05, 4.69) is 5.32 Å². The summed E-state index contributed by atoms with van der Waals surface area (Å²) >= 11 is 0. The highest BCUT2D eigenvalue weighted by molar-refractivity contribution is 5.95. The minimum atomic E-state index is -0.638. The van der Waals surface area contributed by atoms with Crippen molar-refractivity contribution in [3.05, 3.63) is 54.1 Å². The summed E-state index contributed by atoms with van der Waals surface area (Å²) < 4.78 is 9.94. The van der Waals surface area contributed by atoms with E-state index in [1.54, 1.807) is 24.3 Å². The molecule has 2 N–H and O–H groups in total. The Morgan fingerprint density at radius 3 is 2.55 bits per heavy atom. The molecule has 6 nitrogen and oxygen atoms in total. The van der Waals surface area contributed by atoms with Crippen LogP contribution in [0.3, 0.4) is 0 Å².